The lowest BCUT2D eigenvalue weighted by Crippen LogP contribution is -2.04. The highest BCUT2D eigenvalue weighted by Gasteiger charge is 2.08. The molecule has 0 saturated carbocycles. The summed E-state index contributed by atoms with van der Waals surface area (Å²) in [5, 5.41) is 22.9. The number of aromatic hydroxyl groups is 1. The maximum atomic E-state index is 9.92. The normalized spacial score (nSPS) is 12.2. The maximum Gasteiger partial charge on any atom is 0.134 e. The molecule has 4 heteroatoms. The largest absolute Gasteiger partial charge is 0.506 e. The molecule has 19 heavy (non-hydrogen) atoms. The lowest BCUT2D eigenvalue weighted by atomic mass is 10.1. The van der Waals surface area contributed by atoms with Crippen LogP contribution in [0.5, 0.6) is 5.75 Å². The van der Waals surface area contributed by atoms with Crippen molar-refractivity contribution in [2.24, 2.45) is 0 Å². The van der Waals surface area contributed by atoms with Crippen LogP contribution in [0.25, 0.3) is 0 Å². The Morgan fingerprint density at radius 1 is 1.16 bits per heavy atom. The first-order valence-corrected chi connectivity index (χ1v) is 6.86. The minimum absolute atomic E-state index is 0.240. The van der Waals surface area contributed by atoms with E-state index in [4.69, 9.17) is 0 Å². The molecule has 3 nitrogen and oxygen atoms in total. The molecule has 1 atom stereocenters. The number of hydrogen-bond acceptors (Lipinski definition) is 3. The van der Waals surface area contributed by atoms with Crippen LogP contribution in [0.15, 0.2) is 46.9 Å². The average Bonchev–Trinajstić information content (AvgIpc) is 2.40. The number of anilines is 1. The summed E-state index contributed by atoms with van der Waals surface area (Å²) < 4.78 is 0.676. The van der Waals surface area contributed by atoms with E-state index in [2.05, 4.69) is 21.2 Å². The topological polar surface area (TPSA) is 52.5 Å². The summed E-state index contributed by atoms with van der Waals surface area (Å²) in [6.45, 7) is 2.23. The number of phenolic OH excluding ortho intramolecular Hbond substituents is 1. The molecule has 0 spiro atoms. The number of aliphatic hydroxyl groups is 1. The standard InChI is InChI=1S/C15H16BrNO2/c1-10(18)12-6-2-3-8-14(12)17-9-11-5-4-7-13(16)15(11)19/h2-8,10,17-19H,9H2,1H3. The molecular weight excluding hydrogens is 306 g/mol. The van der Waals surface area contributed by atoms with E-state index < -0.39 is 6.10 Å². The summed E-state index contributed by atoms with van der Waals surface area (Å²) in [4.78, 5) is 0. The third-order valence-electron chi connectivity index (χ3n) is 2.95. The van der Waals surface area contributed by atoms with Crippen LogP contribution >= 0.6 is 15.9 Å². The fraction of sp³-hybridized carbons (Fsp3) is 0.200. The number of aliphatic hydroxyl groups excluding tert-OH is 1. The highest BCUT2D eigenvalue weighted by molar-refractivity contribution is 9.10. The van der Waals surface area contributed by atoms with Gasteiger partial charge in [0.25, 0.3) is 0 Å². The zero-order chi connectivity index (χ0) is 13.8. The summed E-state index contributed by atoms with van der Waals surface area (Å²) in [6, 6.07) is 13.1. The third kappa shape index (κ3) is 3.28. The van der Waals surface area contributed by atoms with Crippen LogP contribution < -0.4 is 5.32 Å². The Hall–Kier alpha value is -1.52. The number of nitrogens with one attached hydrogen (secondary N) is 1. The number of rotatable bonds is 4. The Balaban J connectivity index is 2.17. The fourth-order valence-electron chi connectivity index (χ4n) is 1.92. The molecule has 2 rings (SSSR count). The molecule has 2 aromatic rings. The van der Waals surface area contributed by atoms with Crippen molar-refractivity contribution < 1.29 is 10.2 Å². The van der Waals surface area contributed by atoms with Gasteiger partial charge in [0.1, 0.15) is 5.75 Å². The van der Waals surface area contributed by atoms with Gasteiger partial charge in [-0.3, -0.25) is 0 Å². The van der Waals surface area contributed by atoms with Crippen molar-refractivity contribution in [1.29, 1.82) is 0 Å². The monoisotopic (exact) mass is 321 g/mol. The summed E-state index contributed by atoms with van der Waals surface area (Å²) >= 11 is 3.29. The van der Waals surface area contributed by atoms with E-state index in [1.165, 1.54) is 0 Å². The predicted molar refractivity (Wildman–Crippen MR) is 80.2 cm³/mol. The molecule has 0 fully saturated rings. The minimum Gasteiger partial charge on any atom is -0.506 e. The zero-order valence-electron chi connectivity index (χ0n) is 10.6. The zero-order valence-corrected chi connectivity index (χ0v) is 12.2. The van der Waals surface area contributed by atoms with Crippen molar-refractivity contribution in [3.8, 4) is 5.75 Å². The predicted octanol–water partition coefficient (Wildman–Crippen LogP) is 3.82. The van der Waals surface area contributed by atoms with Crippen LogP contribution in [0.2, 0.25) is 0 Å². The van der Waals surface area contributed by atoms with Crippen LogP contribution in [-0.4, -0.2) is 10.2 Å². The number of phenols is 1. The van der Waals surface area contributed by atoms with Gasteiger partial charge in [0.15, 0.2) is 0 Å². The molecule has 0 radical (unpaired) electrons. The van der Waals surface area contributed by atoms with E-state index in [1.54, 1.807) is 13.0 Å². The van der Waals surface area contributed by atoms with Gasteiger partial charge in [-0.15, -0.1) is 0 Å². The molecule has 0 aromatic heterocycles. The smallest absolute Gasteiger partial charge is 0.134 e. The molecule has 3 N–H and O–H groups in total. The number of para-hydroxylation sites is 2. The molecule has 0 heterocycles. The molecule has 1 unspecified atom stereocenters. The van der Waals surface area contributed by atoms with Crippen LogP contribution in [0.3, 0.4) is 0 Å². The Bertz CT molecular complexity index is 570. The highest BCUT2D eigenvalue weighted by Crippen LogP contribution is 2.29. The van der Waals surface area contributed by atoms with Gasteiger partial charge >= 0.3 is 0 Å². The second-order valence-electron chi connectivity index (χ2n) is 4.36. The van der Waals surface area contributed by atoms with E-state index in [1.807, 2.05) is 36.4 Å². The number of benzene rings is 2. The molecule has 0 aliphatic rings. The molecular formula is C15H16BrNO2. The molecule has 100 valence electrons. The Morgan fingerprint density at radius 3 is 2.63 bits per heavy atom. The first-order chi connectivity index (χ1) is 9.09. The second kappa shape index (κ2) is 6.08. The third-order valence-corrected chi connectivity index (χ3v) is 3.59. The van der Waals surface area contributed by atoms with Gasteiger partial charge in [0.2, 0.25) is 0 Å². The molecule has 0 aliphatic heterocycles. The first kappa shape index (κ1) is 13.9. The van der Waals surface area contributed by atoms with E-state index in [-0.39, 0.29) is 5.75 Å². The van der Waals surface area contributed by atoms with Gasteiger partial charge in [0.05, 0.1) is 10.6 Å². The van der Waals surface area contributed by atoms with Crippen LogP contribution in [0, 0.1) is 0 Å². The lowest BCUT2D eigenvalue weighted by molar-refractivity contribution is 0.200. The molecule has 0 amide bonds. The Labute approximate surface area is 121 Å². The summed E-state index contributed by atoms with van der Waals surface area (Å²) in [7, 11) is 0. The van der Waals surface area contributed by atoms with Crippen LogP contribution in [0.1, 0.15) is 24.2 Å². The quantitative estimate of drug-likeness (QED) is 0.802. The molecule has 0 bridgehead atoms. The van der Waals surface area contributed by atoms with Crippen molar-refractivity contribution >= 4 is 21.6 Å². The highest BCUT2D eigenvalue weighted by atomic mass is 79.9. The number of hydrogen-bond donors (Lipinski definition) is 3. The summed E-state index contributed by atoms with van der Waals surface area (Å²) in [5.74, 6) is 0.240. The van der Waals surface area contributed by atoms with Crippen LogP contribution in [0.4, 0.5) is 5.69 Å². The van der Waals surface area contributed by atoms with Gasteiger partial charge in [-0.05, 0) is 35.0 Å². The number of halogens is 1. The van der Waals surface area contributed by atoms with Crippen LogP contribution in [-0.2, 0) is 6.54 Å². The fourth-order valence-corrected chi connectivity index (χ4v) is 2.32. The van der Waals surface area contributed by atoms with Gasteiger partial charge in [-0.25, -0.2) is 0 Å². The van der Waals surface area contributed by atoms with Gasteiger partial charge in [-0.2, -0.15) is 0 Å². The first-order valence-electron chi connectivity index (χ1n) is 6.07. The maximum absolute atomic E-state index is 9.92. The van der Waals surface area contributed by atoms with Crippen molar-refractivity contribution in [3.63, 3.8) is 0 Å². The SMILES string of the molecule is CC(O)c1ccccc1NCc1cccc(Br)c1O. The molecule has 0 aliphatic carbocycles. The minimum atomic E-state index is -0.528. The summed E-state index contributed by atoms with van der Waals surface area (Å²) in [5.41, 5.74) is 2.52. The van der Waals surface area contributed by atoms with E-state index in [0.29, 0.717) is 11.0 Å². The van der Waals surface area contributed by atoms with E-state index in [9.17, 15) is 10.2 Å². The van der Waals surface area contributed by atoms with Crippen molar-refractivity contribution in [2.75, 3.05) is 5.32 Å². The van der Waals surface area contributed by atoms with E-state index >= 15 is 0 Å². The van der Waals surface area contributed by atoms with Gasteiger partial charge in [-0.1, -0.05) is 30.3 Å². The van der Waals surface area contributed by atoms with Gasteiger partial charge < -0.3 is 15.5 Å². The van der Waals surface area contributed by atoms with Gasteiger partial charge in [0, 0.05) is 23.4 Å². The van der Waals surface area contributed by atoms with Crippen molar-refractivity contribution in [3.05, 3.63) is 58.1 Å². The Kier molecular flexibility index (Phi) is 4.45. The average molecular weight is 322 g/mol. The van der Waals surface area contributed by atoms with Crippen molar-refractivity contribution in [1.82, 2.24) is 0 Å². The lowest BCUT2D eigenvalue weighted by Gasteiger charge is -2.14. The molecule has 0 saturated heterocycles. The van der Waals surface area contributed by atoms with Crippen molar-refractivity contribution in [2.45, 2.75) is 19.6 Å². The summed E-state index contributed by atoms with van der Waals surface area (Å²) in [6.07, 6.45) is -0.528. The van der Waals surface area contributed by atoms with E-state index in [0.717, 1.165) is 16.8 Å². The second-order valence-corrected chi connectivity index (χ2v) is 5.22. The Morgan fingerprint density at radius 2 is 1.89 bits per heavy atom. The molecule has 2 aromatic carbocycles.